The fraction of sp³-hybridized carbons (Fsp3) is 0.571. The minimum absolute atomic E-state index is 0.0170. The quantitative estimate of drug-likeness (QED) is 0.927. The first-order chi connectivity index (χ1) is 9.59. The third-order valence-corrected chi connectivity index (χ3v) is 5.06. The zero-order valence-electron chi connectivity index (χ0n) is 11.9. The summed E-state index contributed by atoms with van der Waals surface area (Å²) in [6.07, 6.45) is 4.03. The molecule has 0 amide bonds. The second-order valence-electron chi connectivity index (χ2n) is 5.73. The van der Waals surface area contributed by atoms with Crippen molar-refractivity contribution >= 4 is 16.3 Å². The van der Waals surface area contributed by atoms with Crippen molar-refractivity contribution in [3.63, 3.8) is 0 Å². The minimum Gasteiger partial charge on any atom is -0.314 e. The largest absolute Gasteiger partial charge is 0.314 e. The number of hydrogen-bond acceptors (Lipinski definition) is 5. The molecule has 0 aliphatic carbocycles. The van der Waals surface area contributed by atoms with Gasteiger partial charge in [-0.3, -0.25) is 14.1 Å². The van der Waals surface area contributed by atoms with Crippen LogP contribution >= 0.6 is 11.3 Å². The van der Waals surface area contributed by atoms with Crippen molar-refractivity contribution in [3.8, 4) is 0 Å². The number of nitrogens with one attached hydrogen (secondary N) is 1. The Balaban J connectivity index is 1.73. The van der Waals surface area contributed by atoms with Crippen molar-refractivity contribution < 1.29 is 0 Å². The van der Waals surface area contributed by atoms with Gasteiger partial charge in [0.25, 0.3) is 5.56 Å². The molecule has 3 heterocycles. The summed E-state index contributed by atoms with van der Waals surface area (Å²) in [6.45, 7) is 5.13. The van der Waals surface area contributed by atoms with E-state index in [1.54, 1.807) is 16.7 Å². The number of likely N-dealkylation sites (tertiary alicyclic amines) is 1. The van der Waals surface area contributed by atoms with Gasteiger partial charge in [-0.2, -0.15) is 0 Å². The van der Waals surface area contributed by atoms with Crippen LogP contribution < -0.4 is 10.9 Å². The molecule has 1 fully saturated rings. The van der Waals surface area contributed by atoms with Crippen LogP contribution in [-0.4, -0.2) is 40.0 Å². The van der Waals surface area contributed by atoms with E-state index in [4.69, 9.17) is 0 Å². The molecular weight excluding hydrogens is 272 g/mol. The van der Waals surface area contributed by atoms with E-state index in [-0.39, 0.29) is 11.1 Å². The van der Waals surface area contributed by atoms with E-state index in [0.717, 1.165) is 43.1 Å². The second kappa shape index (κ2) is 5.27. The van der Waals surface area contributed by atoms with Crippen molar-refractivity contribution in [2.45, 2.75) is 31.8 Å². The lowest BCUT2D eigenvalue weighted by Crippen LogP contribution is -2.49. The van der Waals surface area contributed by atoms with Gasteiger partial charge in [0.15, 0.2) is 4.96 Å². The molecule has 6 heteroatoms. The van der Waals surface area contributed by atoms with Gasteiger partial charge in [0.2, 0.25) is 0 Å². The molecule has 0 saturated carbocycles. The van der Waals surface area contributed by atoms with E-state index in [1.807, 2.05) is 12.4 Å². The Kier molecular flexibility index (Phi) is 3.62. The average molecular weight is 292 g/mol. The molecule has 2 aromatic heterocycles. The van der Waals surface area contributed by atoms with Gasteiger partial charge >= 0.3 is 0 Å². The van der Waals surface area contributed by atoms with Crippen LogP contribution in [0.4, 0.5) is 0 Å². The highest BCUT2D eigenvalue weighted by Crippen LogP contribution is 2.22. The third-order valence-electron chi connectivity index (χ3n) is 4.31. The molecule has 20 heavy (non-hydrogen) atoms. The number of thiazole rings is 1. The standard InChI is InChI=1S/C14H20N4OS/c1-14(15-2)3-5-17(6-4-14)10-11-9-12(19)18-7-8-20-13(18)16-11/h7-9,15H,3-6,10H2,1-2H3. The number of nitrogens with zero attached hydrogens (tertiary/aromatic N) is 3. The van der Waals surface area contributed by atoms with Crippen LogP contribution in [0.1, 0.15) is 25.5 Å². The maximum absolute atomic E-state index is 12.0. The van der Waals surface area contributed by atoms with E-state index in [9.17, 15) is 4.79 Å². The van der Waals surface area contributed by atoms with Crippen LogP contribution in [0.25, 0.3) is 4.96 Å². The van der Waals surface area contributed by atoms with Gasteiger partial charge < -0.3 is 5.32 Å². The van der Waals surface area contributed by atoms with Gasteiger partial charge in [-0.05, 0) is 26.8 Å². The molecule has 0 aromatic carbocycles. The smallest absolute Gasteiger partial charge is 0.258 e. The highest BCUT2D eigenvalue weighted by Gasteiger charge is 2.28. The lowest BCUT2D eigenvalue weighted by atomic mass is 9.90. The molecule has 1 aliphatic rings. The maximum atomic E-state index is 12.0. The maximum Gasteiger partial charge on any atom is 0.258 e. The summed E-state index contributed by atoms with van der Waals surface area (Å²) in [4.78, 5) is 19.7. The third kappa shape index (κ3) is 2.63. The number of aromatic nitrogens is 2. The summed E-state index contributed by atoms with van der Waals surface area (Å²) in [7, 11) is 2.03. The summed E-state index contributed by atoms with van der Waals surface area (Å²) in [5.41, 5.74) is 1.15. The number of piperidine rings is 1. The Morgan fingerprint density at radius 1 is 1.45 bits per heavy atom. The summed E-state index contributed by atoms with van der Waals surface area (Å²) in [6, 6.07) is 1.66. The van der Waals surface area contributed by atoms with Gasteiger partial charge in [0.05, 0.1) is 5.69 Å². The van der Waals surface area contributed by atoms with Crippen molar-refractivity contribution in [2.75, 3.05) is 20.1 Å². The van der Waals surface area contributed by atoms with Crippen molar-refractivity contribution in [1.29, 1.82) is 0 Å². The normalized spacial score (nSPS) is 19.5. The van der Waals surface area contributed by atoms with Gasteiger partial charge in [0.1, 0.15) is 0 Å². The molecule has 3 rings (SSSR count). The SMILES string of the molecule is CNC1(C)CCN(Cc2cc(=O)n3ccsc3n2)CC1. The molecule has 108 valence electrons. The highest BCUT2D eigenvalue weighted by molar-refractivity contribution is 7.15. The first kappa shape index (κ1) is 13.7. The van der Waals surface area contributed by atoms with Crippen LogP contribution in [0, 0.1) is 0 Å². The fourth-order valence-electron chi connectivity index (χ4n) is 2.65. The zero-order chi connectivity index (χ0) is 14.2. The highest BCUT2D eigenvalue weighted by atomic mass is 32.1. The van der Waals surface area contributed by atoms with Crippen LogP contribution in [0.5, 0.6) is 0 Å². The summed E-state index contributed by atoms with van der Waals surface area (Å²) >= 11 is 1.50. The molecule has 1 N–H and O–H groups in total. The first-order valence-electron chi connectivity index (χ1n) is 6.97. The molecule has 5 nitrogen and oxygen atoms in total. The summed E-state index contributed by atoms with van der Waals surface area (Å²) < 4.78 is 1.60. The molecule has 0 spiro atoms. The molecular formula is C14H20N4OS. The zero-order valence-corrected chi connectivity index (χ0v) is 12.7. The lowest BCUT2D eigenvalue weighted by Gasteiger charge is -2.39. The Hall–Kier alpha value is -1.24. The number of rotatable bonds is 3. The fourth-order valence-corrected chi connectivity index (χ4v) is 3.39. The first-order valence-corrected chi connectivity index (χ1v) is 7.85. The van der Waals surface area contributed by atoms with Gasteiger partial charge in [-0.25, -0.2) is 4.98 Å². The molecule has 0 radical (unpaired) electrons. The minimum atomic E-state index is 0.0170. The molecule has 0 bridgehead atoms. The van der Waals surface area contributed by atoms with E-state index in [0.29, 0.717) is 0 Å². The van der Waals surface area contributed by atoms with Crippen molar-refractivity contribution in [1.82, 2.24) is 19.6 Å². The predicted molar refractivity (Wildman–Crippen MR) is 81.3 cm³/mol. The second-order valence-corrected chi connectivity index (χ2v) is 6.60. The topological polar surface area (TPSA) is 49.6 Å². The van der Waals surface area contributed by atoms with E-state index < -0.39 is 0 Å². The van der Waals surface area contributed by atoms with Crippen LogP contribution in [0.3, 0.4) is 0 Å². The van der Waals surface area contributed by atoms with E-state index in [1.165, 1.54) is 11.3 Å². The van der Waals surface area contributed by atoms with E-state index in [2.05, 4.69) is 22.1 Å². The number of hydrogen-bond donors (Lipinski definition) is 1. The summed E-state index contributed by atoms with van der Waals surface area (Å²) in [5, 5.41) is 5.30. The van der Waals surface area contributed by atoms with Crippen molar-refractivity contribution in [3.05, 3.63) is 33.7 Å². The monoisotopic (exact) mass is 292 g/mol. The van der Waals surface area contributed by atoms with Crippen LogP contribution in [0.2, 0.25) is 0 Å². The van der Waals surface area contributed by atoms with Gasteiger partial charge in [-0.15, -0.1) is 11.3 Å². The van der Waals surface area contributed by atoms with Crippen LogP contribution in [0.15, 0.2) is 22.4 Å². The Labute approximate surface area is 122 Å². The van der Waals surface area contributed by atoms with Gasteiger partial charge in [-0.1, -0.05) is 0 Å². The average Bonchev–Trinajstić information content (AvgIpc) is 2.91. The molecule has 0 atom stereocenters. The lowest BCUT2D eigenvalue weighted by molar-refractivity contribution is 0.145. The molecule has 1 aliphatic heterocycles. The molecule has 1 saturated heterocycles. The molecule has 2 aromatic rings. The number of fused-ring (bicyclic) bond motifs is 1. The van der Waals surface area contributed by atoms with Crippen LogP contribution in [-0.2, 0) is 6.54 Å². The Morgan fingerprint density at radius 3 is 2.90 bits per heavy atom. The predicted octanol–water partition coefficient (Wildman–Crippen LogP) is 1.33. The molecule has 0 unspecified atom stereocenters. The van der Waals surface area contributed by atoms with Crippen molar-refractivity contribution in [2.24, 2.45) is 0 Å². The van der Waals surface area contributed by atoms with E-state index >= 15 is 0 Å². The summed E-state index contributed by atoms with van der Waals surface area (Å²) in [5.74, 6) is 0. The Morgan fingerprint density at radius 2 is 2.20 bits per heavy atom. The van der Waals surface area contributed by atoms with Gasteiger partial charge in [0, 0.05) is 42.8 Å². The Bertz CT molecular complexity index is 654.